The molecule has 8 rings (SSSR count). The van der Waals surface area contributed by atoms with E-state index in [4.69, 9.17) is 18.9 Å². The molecule has 0 radical (unpaired) electrons. The van der Waals surface area contributed by atoms with E-state index in [1.54, 1.807) is 33.4 Å². The molecule has 4 aliphatic rings. The number of likely N-dealkylation sites (tertiary alicyclic amines) is 2. The van der Waals surface area contributed by atoms with Crippen LogP contribution in [0.1, 0.15) is 104 Å². The topological polar surface area (TPSA) is 185 Å². The van der Waals surface area contributed by atoms with E-state index < -0.39 is 76.8 Å². The first kappa shape index (κ1) is 52.2. The van der Waals surface area contributed by atoms with Gasteiger partial charge in [0.05, 0.1) is 48.8 Å². The Morgan fingerprint density at radius 1 is 1.08 bits per heavy atom. The Bertz CT molecular complexity index is 2790. The number of methoxy groups -OCH3 is 1. The third-order valence-electron chi connectivity index (χ3n) is 14.8. The van der Waals surface area contributed by atoms with Gasteiger partial charge in [0, 0.05) is 86.9 Å². The van der Waals surface area contributed by atoms with E-state index in [1.807, 2.05) is 39.0 Å². The Kier molecular flexibility index (Phi) is 15.0. The van der Waals surface area contributed by atoms with Crippen molar-refractivity contribution in [3.8, 4) is 34.4 Å². The Balaban J connectivity index is 1.10. The summed E-state index contributed by atoms with van der Waals surface area (Å²) in [6.45, 7) is 17.7. The maximum atomic E-state index is 16.8. The molecule has 4 aromatic rings. The molecule has 4 amide bonds. The number of nitrogens with one attached hydrogen (secondary N) is 2. The molecule has 3 saturated heterocycles. The van der Waals surface area contributed by atoms with Crippen molar-refractivity contribution in [2.45, 2.75) is 136 Å². The number of hydrogen-bond acceptors (Lipinski definition) is 12. The number of pyridine rings is 1. The van der Waals surface area contributed by atoms with E-state index in [1.165, 1.54) is 17.0 Å². The molecule has 1 aromatic carbocycles. The van der Waals surface area contributed by atoms with Crippen molar-refractivity contribution in [3.63, 3.8) is 0 Å². The van der Waals surface area contributed by atoms with Crippen LogP contribution in [-0.2, 0) is 52.8 Å². The van der Waals surface area contributed by atoms with Gasteiger partial charge in [-0.15, -0.1) is 0 Å². The van der Waals surface area contributed by atoms with Crippen molar-refractivity contribution in [3.05, 3.63) is 59.9 Å². The number of fused-ring (bicyclic) bond motifs is 6. The zero-order valence-electron chi connectivity index (χ0n) is 43.4. The predicted molar refractivity (Wildman–Crippen MR) is 268 cm³/mol. The van der Waals surface area contributed by atoms with Gasteiger partial charge in [-0.3, -0.25) is 38.9 Å². The van der Waals surface area contributed by atoms with Gasteiger partial charge in [0.15, 0.2) is 11.7 Å². The van der Waals surface area contributed by atoms with Crippen molar-refractivity contribution in [1.29, 1.82) is 0 Å². The molecule has 386 valence electrons. The predicted octanol–water partition coefficient (Wildman–Crippen LogP) is 5.65. The van der Waals surface area contributed by atoms with Gasteiger partial charge in [-0.2, -0.15) is 0 Å². The number of ether oxygens (including phenoxy) is 2. The van der Waals surface area contributed by atoms with E-state index in [9.17, 15) is 24.0 Å². The number of hydrogen-bond donors (Lipinski definition) is 2. The van der Waals surface area contributed by atoms with Crippen LogP contribution in [0.3, 0.4) is 0 Å². The normalized spacial score (nSPS) is 22.6. The Labute approximate surface area is 421 Å². The molecule has 5 atom stereocenters. The van der Waals surface area contributed by atoms with E-state index in [-0.39, 0.29) is 44.5 Å². The van der Waals surface area contributed by atoms with Crippen molar-refractivity contribution in [2.75, 3.05) is 53.5 Å². The van der Waals surface area contributed by atoms with Crippen LogP contribution in [0.15, 0.2) is 47.1 Å². The Morgan fingerprint density at radius 3 is 2.54 bits per heavy atom. The number of rotatable bonds is 10. The van der Waals surface area contributed by atoms with Gasteiger partial charge in [0.1, 0.15) is 18.1 Å². The van der Waals surface area contributed by atoms with Crippen molar-refractivity contribution in [1.82, 2.24) is 45.0 Å². The number of alkyl halides is 1. The first-order valence-corrected chi connectivity index (χ1v) is 25.3. The molecule has 3 aromatic heterocycles. The standard InChI is InChI=1S/C54H70FN9O8/c1-11-63-41-18-17-35-27-37(41)38(47(63)36-15-12-22-56-45(36)34(4)70-10)29-52(5,6)32-71-50(68)39-16-13-25-64(59-39)49(67)40(28-43-57-30-42(35)72-43)58-48(66)46(33(2)3)60(9)51(69)54(55)21-26-61(31-54)44(65)19-20-53(7,8)62-23-14-24-62/h12,15,17-18,22,27,30,33-34,39-40,46,59H,11,13-14,16,21,23-26,28-29,31-32H2,1-10H3,(H,58,66)/t34-,39-,40-,46-,54+/m0/s1. The molecule has 17 nitrogen and oxygen atoms in total. The molecule has 4 aliphatic heterocycles. The third-order valence-corrected chi connectivity index (χ3v) is 14.8. The van der Waals surface area contributed by atoms with Crippen LogP contribution in [0.4, 0.5) is 4.39 Å². The van der Waals surface area contributed by atoms with Crippen molar-refractivity contribution < 1.29 is 42.3 Å². The van der Waals surface area contributed by atoms with Gasteiger partial charge in [-0.25, -0.2) is 14.8 Å². The van der Waals surface area contributed by atoms with Gasteiger partial charge in [0.25, 0.3) is 17.7 Å². The first-order valence-electron chi connectivity index (χ1n) is 25.3. The number of oxazole rings is 1. The second kappa shape index (κ2) is 20.8. The minimum atomic E-state index is -2.47. The summed E-state index contributed by atoms with van der Waals surface area (Å²) >= 11 is 0. The number of aromatic nitrogens is 3. The second-order valence-corrected chi connectivity index (χ2v) is 21.5. The summed E-state index contributed by atoms with van der Waals surface area (Å²) in [5.74, 6) is 2.44. The molecule has 0 saturated carbocycles. The number of amides is 4. The quantitative estimate of drug-likeness (QED) is 0.147. The molecule has 18 heteroatoms. The van der Waals surface area contributed by atoms with E-state index in [0.717, 1.165) is 63.4 Å². The molecule has 2 N–H and O–H groups in total. The lowest BCUT2D eigenvalue weighted by atomic mass is 9.84. The molecule has 0 aliphatic carbocycles. The molecule has 0 spiro atoms. The number of carbonyl (C=O) groups excluding carboxylic acids is 5. The third kappa shape index (κ3) is 10.5. The largest absolute Gasteiger partial charge is 0.464 e. The number of carbonyl (C=O) groups is 5. The van der Waals surface area contributed by atoms with E-state index in [0.29, 0.717) is 31.6 Å². The fourth-order valence-electron chi connectivity index (χ4n) is 10.5. The summed E-state index contributed by atoms with van der Waals surface area (Å²) in [5, 5.41) is 5.15. The lowest BCUT2D eigenvalue weighted by Gasteiger charge is -2.41. The molecule has 3 fully saturated rings. The van der Waals surface area contributed by atoms with Crippen LogP contribution < -0.4 is 10.7 Å². The minimum absolute atomic E-state index is 0.0157. The summed E-state index contributed by atoms with van der Waals surface area (Å²) in [6, 6.07) is 6.67. The molecule has 0 unspecified atom stereocenters. The maximum Gasteiger partial charge on any atom is 0.324 e. The average molecular weight is 992 g/mol. The summed E-state index contributed by atoms with van der Waals surface area (Å²) in [6.07, 6.45) is 5.06. The SMILES string of the molecule is CCn1c(-c2cccnc2[C@H](C)OC)c2c3cc(ccc31)-c1cnc(o1)C[C@H](NC(=O)[C@H](C(C)C)N(C)C(=O)[C@@]1(F)CCN(C(=O)C#CC(C)(C)N3CCC3)C1)C(=O)N1CCC[C@H](N1)C(=O)OCC(C)(C)C2. The monoisotopic (exact) mass is 992 g/mol. The summed E-state index contributed by atoms with van der Waals surface area (Å²) in [7, 11) is 3.02. The number of hydrazine groups is 1. The van der Waals surface area contributed by atoms with Crippen molar-refractivity contribution >= 4 is 40.5 Å². The minimum Gasteiger partial charge on any atom is -0.464 e. The smallest absolute Gasteiger partial charge is 0.324 e. The number of esters is 1. The van der Waals surface area contributed by atoms with Crippen LogP contribution in [0.5, 0.6) is 0 Å². The number of aryl methyl sites for hydroxylation is 1. The average Bonchev–Trinajstić information content (AvgIpc) is 4.06. The summed E-state index contributed by atoms with van der Waals surface area (Å²) in [5.41, 5.74) is 4.99. The van der Waals surface area contributed by atoms with Gasteiger partial charge >= 0.3 is 5.97 Å². The van der Waals surface area contributed by atoms with Gasteiger partial charge in [-0.1, -0.05) is 33.6 Å². The highest BCUT2D eigenvalue weighted by atomic mass is 19.1. The zero-order valence-corrected chi connectivity index (χ0v) is 43.4. The summed E-state index contributed by atoms with van der Waals surface area (Å²) < 4.78 is 37.4. The number of nitrogens with zero attached hydrogens (tertiary/aromatic N) is 7. The van der Waals surface area contributed by atoms with Crippen LogP contribution in [0.25, 0.3) is 33.5 Å². The molecule has 7 heterocycles. The highest BCUT2D eigenvalue weighted by molar-refractivity contribution is 5.98. The van der Waals surface area contributed by atoms with Gasteiger partial charge < -0.3 is 33.6 Å². The second-order valence-electron chi connectivity index (χ2n) is 21.5. The fraction of sp³-hybridized carbons (Fsp3) is 0.574. The number of cyclic esters (lactones) is 1. The molecule has 72 heavy (non-hydrogen) atoms. The molecular formula is C54H70FN9O8. The fourth-order valence-corrected chi connectivity index (χ4v) is 10.5. The first-order chi connectivity index (χ1) is 34.1. The molecule has 6 bridgehead atoms. The van der Waals surface area contributed by atoms with Crippen LogP contribution >= 0.6 is 0 Å². The highest BCUT2D eigenvalue weighted by Crippen LogP contribution is 2.42. The zero-order chi connectivity index (χ0) is 51.9. The number of likely N-dealkylation sites (N-methyl/N-ethyl adjacent to an activating group) is 1. The van der Waals surface area contributed by atoms with Crippen LogP contribution in [-0.4, -0.2) is 147 Å². The van der Waals surface area contributed by atoms with Crippen LogP contribution in [0, 0.1) is 23.2 Å². The Morgan fingerprint density at radius 2 is 1.85 bits per heavy atom. The van der Waals surface area contributed by atoms with E-state index >= 15 is 4.39 Å². The Hall–Kier alpha value is -6.16. The lowest BCUT2D eigenvalue weighted by molar-refractivity contribution is -0.155. The van der Waals surface area contributed by atoms with Crippen molar-refractivity contribution in [2.24, 2.45) is 11.3 Å². The molecular weight excluding hydrogens is 922 g/mol. The maximum absolute atomic E-state index is 16.8. The van der Waals surface area contributed by atoms with Gasteiger partial charge in [0.2, 0.25) is 11.6 Å². The summed E-state index contributed by atoms with van der Waals surface area (Å²) in [4.78, 5) is 84.4. The van der Waals surface area contributed by atoms with Crippen LogP contribution in [0.2, 0.25) is 0 Å². The number of benzene rings is 1. The van der Waals surface area contributed by atoms with E-state index in [2.05, 4.69) is 69.9 Å². The lowest BCUT2D eigenvalue weighted by Crippen LogP contribution is -2.62. The number of halogens is 1. The highest BCUT2D eigenvalue weighted by Gasteiger charge is 2.50. The van der Waals surface area contributed by atoms with Gasteiger partial charge in [-0.05, 0) is 101 Å².